The number of nitro groups is 1. The molecule has 0 aliphatic carbocycles. The van der Waals surface area contributed by atoms with Crippen molar-refractivity contribution in [2.24, 2.45) is 0 Å². The van der Waals surface area contributed by atoms with E-state index in [4.69, 9.17) is 0 Å². The molecule has 8 nitrogen and oxygen atoms in total. The second kappa shape index (κ2) is 8.75. The molecule has 1 amide bonds. The van der Waals surface area contributed by atoms with E-state index < -0.39 is 14.9 Å². The highest BCUT2D eigenvalue weighted by Crippen LogP contribution is 2.20. The molecule has 3 aromatic rings. The quantitative estimate of drug-likeness (QED) is 0.440. The number of hydrogen-bond donors (Lipinski definition) is 2. The zero-order valence-electron chi connectivity index (χ0n) is 16.0. The normalized spacial score (nSPS) is 12.0. The second-order valence-electron chi connectivity index (χ2n) is 6.54. The van der Waals surface area contributed by atoms with Crippen molar-refractivity contribution in [1.82, 2.24) is 5.32 Å². The number of carbonyl (C=O) groups is 1. The number of carbonyl (C=O) groups excluding carboxylic acids is 1. The molecule has 0 spiro atoms. The molecule has 30 heavy (non-hydrogen) atoms. The highest BCUT2D eigenvalue weighted by molar-refractivity contribution is 7.92. The Morgan fingerprint density at radius 2 is 1.63 bits per heavy atom. The van der Waals surface area contributed by atoms with Gasteiger partial charge in [-0.15, -0.1) is 0 Å². The number of benzene rings is 3. The molecule has 0 fully saturated rings. The second-order valence-corrected chi connectivity index (χ2v) is 8.23. The van der Waals surface area contributed by atoms with Crippen molar-refractivity contribution in [2.75, 3.05) is 4.72 Å². The van der Waals surface area contributed by atoms with Gasteiger partial charge in [-0.05, 0) is 42.8 Å². The fourth-order valence-electron chi connectivity index (χ4n) is 2.79. The van der Waals surface area contributed by atoms with Crippen molar-refractivity contribution in [3.63, 3.8) is 0 Å². The monoisotopic (exact) mass is 425 g/mol. The Labute approximate surface area is 173 Å². The molecular formula is C21H19N3O5S. The minimum Gasteiger partial charge on any atom is -0.346 e. The minimum absolute atomic E-state index is 0.124. The minimum atomic E-state index is -3.97. The van der Waals surface area contributed by atoms with E-state index in [1.807, 2.05) is 37.3 Å². The fourth-order valence-corrected chi connectivity index (χ4v) is 3.84. The van der Waals surface area contributed by atoms with Gasteiger partial charge in [-0.2, -0.15) is 0 Å². The molecule has 1 atom stereocenters. The van der Waals surface area contributed by atoms with Crippen LogP contribution in [0, 0.1) is 10.1 Å². The Hall–Kier alpha value is -3.72. The van der Waals surface area contributed by atoms with Crippen LogP contribution in [0.1, 0.15) is 28.9 Å². The van der Waals surface area contributed by atoms with E-state index in [1.54, 1.807) is 12.1 Å². The summed E-state index contributed by atoms with van der Waals surface area (Å²) >= 11 is 0. The molecule has 3 rings (SSSR count). The summed E-state index contributed by atoms with van der Waals surface area (Å²) in [5.74, 6) is -0.345. The van der Waals surface area contributed by atoms with Crippen LogP contribution in [0.3, 0.4) is 0 Å². The highest BCUT2D eigenvalue weighted by atomic mass is 32.2. The van der Waals surface area contributed by atoms with Gasteiger partial charge in [0.05, 0.1) is 15.9 Å². The average Bonchev–Trinajstić information content (AvgIpc) is 2.74. The van der Waals surface area contributed by atoms with Crippen LogP contribution in [-0.2, 0) is 10.0 Å². The SMILES string of the molecule is CC(NC(=O)c1cccc(NS(=O)(=O)c2ccc([N+](=O)[O-])cc2)c1)c1ccccc1. The first-order valence-electron chi connectivity index (χ1n) is 8.99. The molecular weight excluding hydrogens is 406 g/mol. The first-order valence-corrected chi connectivity index (χ1v) is 10.5. The Balaban J connectivity index is 1.74. The maximum absolute atomic E-state index is 12.6. The number of nitrogens with one attached hydrogen (secondary N) is 2. The molecule has 0 bridgehead atoms. The third-order valence-electron chi connectivity index (χ3n) is 4.38. The lowest BCUT2D eigenvalue weighted by Gasteiger charge is -2.15. The molecule has 9 heteroatoms. The molecule has 0 saturated carbocycles. The summed E-state index contributed by atoms with van der Waals surface area (Å²) in [4.78, 5) is 22.6. The molecule has 154 valence electrons. The zero-order chi connectivity index (χ0) is 21.7. The van der Waals surface area contributed by atoms with Gasteiger partial charge in [0.25, 0.3) is 21.6 Å². The van der Waals surface area contributed by atoms with E-state index >= 15 is 0 Å². The zero-order valence-corrected chi connectivity index (χ0v) is 16.8. The van der Waals surface area contributed by atoms with Crippen molar-refractivity contribution in [3.8, 4) is 0 Å². The van der Waals surface area contributed by atoms with Crippen molar-refractivity contribution in [1.29, 1.82) is 0 Å². The van der Waals surface area contributed by atoms with Crippen molar-refractivity contribution >= 4 is 27.3 Å². The topological polar surface area (TPSA) is 118 Å². The van der Waals surface area contributed by atoms with Crippen LogP contribution in [-0.4, -0.2) is 19.2 Å². The molecule has 3 aromatic carbocycles. The third-order valence-corrected chi connectivity index (χ3v) is 5.78. The average molecular weight is 425 g/mol. The van der Waals surface area contributed by atoms with E-state index in [-0.39, 0.29) is 28.2 Å². The Bertz CT molecular complexity index is 1160. The summed E-state index contributed by atoms with van der Waals surface area (Å²) in [6, 6.07) is 19.8. The molecule has 0 heterocycles. The van der Waals surface area contributed by atoms with E-state index in [1.165, 1.54) is 12.1 Å². The van der Waals surface area contributed by atoms with Gasteiger partial charge in [0, 0.05) is 23.4 Å². The standard InChI is InChI=1S/C21H19N3O5S/c1-15(16-6-3-2-4-7-16)22-21(25)17-8-5-9-18(14-17)23-30(28,29)20-12-10-19(11-13-20)24(26)27/h2-15,23H,1H3,(H,22,25). The Morgan fingerprint density at radius 1 is 0.967 bits per heavy atom. The smallest absolute Gasteiger partial charge is 0.269 e. The Kier molecular flexibility index (Phi) is 6.12. The number of rotatable bonds is 7. The lowest BCUT2D eigenvalue weighted by Crippen LogP contribution is -2.26. The predicted octanol–water partition coefficient (Wildman–Crippen LogP) is 3.89. The van der Waals surface area contributed by atoms with Gasteiger partial charge in [0.2, 0.25) is 0 Å². The van der Waals surface area contributed by atoms with Gasteiger partial charge in [0.15, 0.2) is 0 Å². The van der Waals surface area contributed by atoms with E-state index in [9.17, 15) is 23.3 Å². The largest absolute Gasteiger partial charge is 0.346 e. The first kappa shape index (κ1) is 21.0. The van der Waals surface area contributed by atoms with Crippen LogP contribution in [0.25, 0.3) is 0 Å². The molecule has 0 saturated heterocycles. The van der Waals surface area contributed by atoms with Gasteiger partial charge < -0.3 is 5.32 Å². The van der Waals surface area contributed by atoms with Crippen LogP contribution >= 0.6 is 0 Å². The first-order chi connectivity index (χ1) is 14.3. The van der Waals surface area contributed by atoms with Gasteiger partial charge in [-0.25, -0.2) is 8.42 Å². The Morgan fingerprint density at radius 3 is 2.27 bits per heavy atom. The van der Waals surface area contributed by atoms with Crippen LogP contribution in [0.2, 0.25) is 0 Å². The van der Waals surface area contributed by atoms with Crippen LogP contribution in [0.15, 0.2) is 83.8 Å². The van der Waals surface area contributed by atoms with Gasteiger partial charge in [-0.1, -0.05) is 36.4 Å². The van der Waals surface area contributed by atoms with Crippen molar-refractivity contribution in [3.05, 3.63) is 100 Å². The summed E-state index contributed by atoms with van der Waals surface area (Å²) < 4.78 is 27.5. The lowest BCUT2D eigenvalue weighted by molar-refractivity contribution is -0.384. The van der Waals surface area contributed by atoms with Gasteiger partial charge in [-0.3, -0.25) is 19.6 Å². The number of non-ortho nitro benzene ring substituents is 1. The molecule has 1 unspecified atom stereocenters. The molecule has 0 aliphatic heterocycles. The van der Waals surface area contributed by atoms with Crippen LogP contribution < -0.4 is 10.0 Å². The van der Waals surface area contributed by atoms with Crippen molar-refractivity contribution < 1.29 is 18.1 Å². The third kappa shape index (κ3) is 5.00. The number of anilines is 1. The van der Waals surface area contributed by atoms with Crippen molar-refractivity contribution in [2.45, 2.75) is 17.9 Å². The number of nitro benzene ring substituents is 1. The lowest BCUT2D eigenvalue weighted by atomic mass is 10.1. The molecule has 2 N–H and O–H groups in total. The molecule has 0 radical (unpaired) electrons. The van der Waals surface area contributed by atoms with Gasteiger partial charge in [0.1, 0.15) is 0 Å². The molecule has 0 aromatic heterocycles. The highest BCUT2D eigenvalue weighted by Gasteiger charge is 2.17. The predicted molar refractivity (Wildman–Crippen MR) is 113 cm³/mol. The maximum atomic E-state index is 12.6. The number of sulfonamides is 1. The number of hydrogen-bond acceptors (Lipinski definition) is 5. The summed E-state index contributed by atoms with van der Waals surface area (Å²) in [6.45, 7) is 1.86. The van der Waals surface area contributed by atoms with Crippen LogP contribution in [0.4, 0.5) is 11.4 Å². The van der Waals surface area contributed by atoms with Gasteiger partial charge >= 0.3 is 0 Å². The fraction of sp³-hybridized carbons (Fsp3) is 0.0952. The summed E-state index contributed by atoms with van der Waals surface area (Å²) in [5.41, 5.74) is 1.23. The summed E-state index contributed by atoms with van der Waals surface area (Å²) in [6.07, 6.45) is 0. The molecule has 0 aliphatic rings. The van der Waals surface area contributed by atoms with E-state index in [2.05, 4.69) is 10.0 Å². The summed E-state index contributed by atoms with van der Waals surface area (Å²) in [7, 11) is -3.97. The van der Waals surface area contributed by atoms with Crippen LogP contribution in [0.5, 0.6) is 0 Å². The van der Waals surface area contributed by atoms with E-state index in [0.29, 0.717) is 5.56 Å². The summed E-state index contributed by atoms with van der Waals surface area (Å²) in [5, 5.41) is 13.6. The number of nitrogens with zero attached hydrogens (tertiary/aromatic N) is 1. The maximum Gasteiger partial charge on any atom is 0.269 e. The number of amides is 1. The van der Waals surface area contributed by atoms with E-state index in [0.717, 1.165) is 29.8 Å².